The van der Waals surface area contributed by atoms with Crippen LogP contribution in [0.2, 0.25) is 0 Å². The minimum absolute atomic E-state index is 0. The largest absolute Gasteiger partial charge is 0.354 e. The molecule has 116 valence electrons. The van der Waals surface area contributed by atoms with Crippen LogP contribution in [0.3, 0.4) is 0 Å². The molecule has 1 rings (SSSR count). The zero-order chi connectivity index (χ0) is 12.9. The lowest BCUT2D eigenvalue weighted by Gasteiger charge is -2.30. The smallest absolute Gasteiger partial charge is 0.239 e. The highest BCUT2D eigenvalue weighted by molar-refractivity contribution is 5.85. The van der Waals surface area contributed by atoms with E-state index in [1.807, 2.05) is 0 Å². The van der Waals surface area contributed by atoms with Crippen LogP contribution in [0.4, 0.5) is 0 Å². The van der Waals surface area contributed by atoms with Crippen molar-refractivity contribution in [1.29, 1.82) is 0 Å². The molecule has 0 spiro atoms. The van der Waals surface area contributed by atoms with E-state index in [0.717, 1.165) is 25.4 Å². The second-order valence-corrected chi connectivity index (χ2v) is 5.86. The van der Waals surface area contributed by atoms with E-state index in [1.165, 1.54) is 25.9 Å². The number of nitrogens with zero attached hydrogens (tertiary/aromatic N) is 1. The summed E-state index contributed by atoms with van der Waals surface area (Å²) in [6.07, 6.45) is 3.63. The van der Waals surface area contributed by atoms with Crippen LogP contribution in [-0.2, 0) is 4.79 Å². The van der Waals surface area contributed by atoms with Gasteiger partial charge >= 0.3 is 0 Å². The van der Waals surface area contributed by atoms with Crippen LogP contribution in [-0.4, -0.2) is 42.5 Å². The van der Waals surface area contributed by atoms with Gasteiger partial charge in [-0.15, -0.1) is 24.8 Å². The molecule has 1 amide bonds. The molecule has 0 radical (unpaired) electrons. The van der Waals surface area contributed by atoms with E-state index in [9.17, 15) is 4.79 Å². The summed E-state index contributed by atoms with van der Waals surface area (Å²) in [7, 11) is 0. The third-order valence-electron chi connectivity index (χ3n) is 3.40. The minimum Gasteiger partial charge on any atom is -0.354 e. The van der Waals surface area contributed by atoms with Crippen molar-refractivity contribution in [3.05, 3.63) is 0 Å². The number of likely N-dealkylation sites (tertiary alicyclic amines) is 1. The van der Waals surface area contributed by atoms with E-state index in [4.69, 9.17) is 5.73 Å². The van der Waals surface area contributed by atoms with Gasteiger partial charge in [0.1, 0.15) is 0 Å². The topological polar surface area (TPSA) is 58.4 Å². The summed E-state index contributed by atoms with van der Waals surface area (Å²) in [5.41, 5.74) is 4.93. The Balaban J connectivity index is 0. The van der Waals surface area contributed by atoms with Crippen molar-refractivity contribution in [2.45, 2.75) is 45.6 Å². The second-order valence-electron chi connectivity index (χ2n) is 5.86. The van der Waals surface area contributed by atoms with Gasteiger partial charge in [-0.1, -0.05) is 6.92 Å². The molecule has 1 aliphatic heterocycles. The maximum Gasteiger partial charge on any atom is 0.239 e. The van der Waals surface area contributed by atoms with Crippen LogP contribution >= 0.6 is 24.8 Å². The van der Waals surface area contributed by atoms with Crippen LogP contribution in [0.1, 0.15) is 40.0 Å². The average Bonchev–Trinajstić information content (AvgIpc) is 2.25. The molecule has 6 heteroatoms. The first kappa shape index (κ1) is 21.3. The molecule has 0 saturated carbocycles. The van der Waals surface area contributed by atoms with Gasteiger partial charge in [0.2, 0.25) is 5.91 Å². The van der Waals surface area contributed by atoms with Gasteiger partial charge in [0.05, 0.1) is 5.54 Å². The van der Waals surface area contributed by atoms with E-state index in [1.54, 1.807) is 13.8 Å². The number of nitrogens with two attached hydrogens (primary N) is 1. The summed E-state index contributed by atoms with van der Waals surface area (Å²) in [5, 5.41) is 2.88. The number of amides is 1. The Morgan fingerprint density at radius 2 is 1.84 bits per heavy atom. The number of hydrogen-bond donors (Lipinski definition) is 2. The van der Waals surface area contributed by atoms with E-state index in [2.05, 4.69) is 17.1 Å². The summed E-state index contributed by atoms with van der Waals surface area (Å²) >= 11 is 0. The Morgan fingerprint density at radius 1 is 1.32 bits per heavy atom. The van der Waals surface area contributed by atoms with Gasteiger partial charge < -0.3 is 16.0 Å². The molecular weight excluding hydrogens is 285 g/mol. The molecule has 0 aliphatic carbocycles. The lowest BCUT2D eigenvalue weighted by atomic mass is 9.99. The van der Waals surface area contributed by atoms with Gasteiger partial charge in [-0.3, -0.25) is 4.79 Å². The van der Waals surface area contributed by atoms with Crippen LogP contribution in [0.25, 0.3) is 0 Å². The number of hydrogen-bond acceptors (Lipinski definition) is 3. The quantitative estimate of drug-likeness (QED) is 0.761. The van der Waals surface area contributed by atoms with E-state index >= 15 is 0 Å². The standard InChI is InChI=1S/C13H27N3O.2ClH/c1-11-5-9-16(10-6-11)8-4-7-15-12(17)13(2,3)14;;/h11H,4-10,14H2,1-3H3,(H,15,17);2*1H. The molecule has 0 aromatic carbocycles. The van der Waals surface area contributed by atoms with Gasteiger partial charge in [0, 0.05) is 6.54 Å². The molecule has 0 unspecified atom stereocenters. The number of halogens is 2. The first-order chi connectivity index (χ1) is 7.89. The summed E-state index contributed by atoms with van der Waals surface area (Å²) in [6.45, 7) is 10.0. The first-order valence-electron chi connectivity index (χ1n) is 6.69. The van der Waals surface area contributed by atoms with E-state index in [-0.39, 0.29) is 30.7 Å². The molecule has 3 N–H and O–H groups in total. The SMILES string of the molecule is CC1CCN(CCCNC(=O)C(C)(C)N)CC1.Cl.Cl. The molecule has 1 heterocycles. The molecule has 4 nitrogen and oxygen atoms in total. The van der Waals surface area contributed by atoms with Crippen molar-refractivity contribution >= 4 is 30.7 Å². The third-order valence-corrected chi connectivity index (χ3v) is 3.40. The lowest BCUT2D eigenvalue weighted by Crippen LogP contribution is -2.49. The Hall–Kier alpha value is -0.0300. The summed E-state index contributed by atoms with van der Waals surface area (Å²) < 4.78 is 0. The van der Waals surface area contributed by atoms with Crippen LogP contribution < -0.4 is 11.1 Å². The van der Waals surface area contributed by atoms with Crippen molar-refractivity contribution in [3.8, 4) is 0 Å². The summed E-state index contributed by atoms with van der Waals surface area (Å²) in [6, 6.07) is 0. The molecule has 1 fully saturated rings. The lowest BCUT2D eigenvalue weighted by molar-refractivity contribution is -0.125. The number of carbonyl (C=O) groups is 1. The van der Waals surface area contributed by atoms with Crippen molar-refractivity contribution in [2.75, 3.05) is 26.2 Å². The Kier molecular flexibility index (Phi) is 11.0. The number of rotatable bonds is 5. The molecule has 0 bridgehead atoms. The van der Waals surface area contributed by atoms with E-state index < -0.39 is 5.54 Å². The van der Waals surface area contributed by atoms with Crippen molar-refractivity contribution < 1.29 is 4.79 Å². The van der Waals surface area contributed by atoms with Gasteiger partial charge in [0.25, 0.3) is 0 Å². The van der Waals surface area contributed by atoms with Crippen LogP contribution in [0.15, 0.2) is 0 Å². The highest BCUT2D eigenvalue weighted by Gasteiger charge is 2.21. The zero-order valence-electron chi connectivity index (χ0n) is 12.3. The molecule has 0 atom stereocenters. The van der Waals surface area contributed by atoms with Crippen molar-refractivity contribution in [2.24, 2.45) is 11.7 Å². The molecule has 19 heavy (non-hydrogen) atoms. The maximum atomic E-state index is 11.5. The molecule has 1 saturated heterocycles. The Bertz CT molecular complexity index is 249. The van der Waals surface area contributed by atoms with Crippen LogP contribution in [0.5, 0.6) is 0 Å². The van der Waals surface area contributed by atoms with Crippen molar-refractivity contribution in [3.63, 3.8) is 0 Å². The molecular formula is C13H29Cl2N3O. The third kappa shape index (κ3) is 8.69. The normalized spacial score (nSPS) is 17.3. The monoisotopic (exact) mass is 313 g/mol. The fourth-order valence-electron chi connectivity index (χ4n) is 2.02. The Labute approximate surface area is 129 Å². The highest BCUT2D eigenvalue weighted by Crippen LogP contribution is 2.15. The molecule has 0 aromatic rings. The average molecular weight is 314 g/mol. The fraction of sp³-hybridized carbons (Fsp3) is 0.923. The van der Waals surface area contributed by atoms with E-state index in [0.29, 0.717) is 0 Å². The van der Waals surface area contributed by atoms with Gasteiger partial charge in [-0.25, -0.2) is 0 Å². The number of piperidine rings is 1. The molecule has 0 aromatic heterocycles. The second kappa shape index (κ2) is 9.81. The predicted molar refractivity (Wildman–Crippen MR) is 85.2 cm³/mol. The first-order valence-corrected chi connectivity index (χ1v) is 6.69. The Morgan fingerprint density at radius 3 is 2.32 bits per heavy atom. The highest BCUT2D eigenvalue weighted by atomic mass is 35.5. The van der Waals surface area contributed by atoms with Gasteiger partial charge in [0.15, 0.2) is 0 Å². The minimum atomic E-state index is -0.763. The van der Waals surface area contributed by atoms with Crippen LogP contribution in [0, 0.1) is 5.92 Å². The maximum absolute atomic E-state index is 11.5. The number of carbonyl (C=O) groups excluding carboxylic acids is 1. The summed E-state index contributed by atoms with van der Waals surface area (Å²) in [5.74, 6) is 0.814. The number of nitrogens with one attached hydrogen (secondary N) is 1. The van der Waals surface area contributed by atoms with Crippen molar-refractivity contribution in [1.82, 2.24) is 10.2 Å². The summed E-state index contributed by atoms with van der Waals surface area (Å²) in [4.78, 5) is 14.0. The van der Waals surface area contributed by atoms with Gasteiger partial charge in [-0.2, -0.15) is 0 Å². The van der Waals surface area contributed by atoms with Gasteiger partial charge in [-0.05, 0) is 58.7 Å². The molecule has 1 aliphatic rings. The predicted octanol–water partition coefficient (Wildman–Crippen LogP) is 1.81. The zero-order valence-corrected chi connectivity index (χ0v) is 13.9. The fourth-order valence-corrected chi connectivity index (χ4v) is 2.02.